The van der Waals surface area contributed by atoms with E-state index in [2.05, 4.69) is 36.2 Å². The molecule has 6 nitrogen and oxygen atoms in total. The van der Waals surface area contributed by atoms with Gasteiger partial charge in [-0.05, 0) is 56.2 Å². The zero-order valence-electron chi connectivity index (χ0n) is 17.2. The third-order valence-corrected chi connectivity index (χ3v) is 6.02. The molecule has 1 amide bonds. The Balaban J connectivity index is 2.09. The number of aryl methyl sites for hydroxylation is 1. The molecule has 152 valence electrons. The zero-order chi connectivity index (χ0) is 20.9. The average Bonchev–Trinajstić information content (AvgIpc) is 2.67. The Morgan fingerprint density at radius 1 is 1.04 bits per heavy atom. The summed E-state index contributed by atoms with van der Waals surface area (Å²) in [5.74, 6) is -0.240. The highest BCUT2D eigenvalue weighted by Gasteiger charge is 2.16. The van der Waals surface area contributed by atoms with Gasteiger partial charge in [0, 0.05) is 37.9 Å². The maximum absolute atomic E-state index is 12.5. The van der Waals surface area contributed by atoms with Gasteiger partial charge in [-0.1, -0.05) is 18.2 Å². The summed E-state index contributed by atoms with van der Waals surface area (Å²) in [6, 6.07) is 13.2. The molecule has 0 saturated carbocycles. The first-order valence-electron chi connectivity index (χ1n) is 9.34. The molecule has 0 aliphatic heterocycles. The Morgan fingerprint density at radius 3 is 2.18 bits per heavy atom. The van der Waals surface area contributed by atoms with Crippen molar-refractivity contribution in [3.63, 3.8) is 0 Å². The van der Waals surface area contributed by atoms with Crippen LogP contribution >= 0.6 is 0 Å². The molecule has 0 atom stereocenters. The Morgan fingerprint density at radius 2 is 1.64 bits per heavy atom. The van der Waals surface area contributed by atoms with Gasteiger partial charge in [-0.15, -0.1) is 0 Å². The minimum Gasteiger partial charge on any atom is -0.372 e. The fourth-order valence-electron chi connectivity index (χ4n) is 2.97. The molecule has 0 fully saturated rings. The molecule has 2 aromatic carbocycles. The number of nitrogens with zero attached hydrogens (tertiary/aromatic N) is 2. The number of hydrogen-bond acceptors (Lipinski definition) is 4. The van der Waals surface area contributed by atoms with Crippen LogP contribution in [0.2, 0.25) is 0 Å². The van der Waals surface area contributed by atoms with E-state index < -0.39 is 10.0 Å². The zero-order valence-corrected chi connectivity index (χ0v) is 18.0. The lowest BCUT2D eigenvalue weighted by molar-refractivity contribution is 0.0951. The van der Waals surface area contributed by atoms with Crippen LogP contribution < -0.4 is 14.5 Å². The number of nitrogens with one attached hydrogen (secondary N) is 1. The van der Waals surface area contributed by atoms with E-state index in [0.717, 1.165) is 36.2 Å². The number of hydrogen-bond donors (Lipinski definition) is 1. The molecule has 0 aromatic heterocycles. The number of sulfonamides is 1. The van der Waals surface area contributed by atoms with Crippen molar-refractivity contribution in [2.45, 2.75) is 27.3 Å². The molecule has 1 N–H and O–H groups in total. The highest BCUT2D eigenvalue weighted by Crippen LogP contribution is 2.23. The van der Waals surface area contributed by atoms with Crippen LogP contribution in [0.25, 0.3) is 0 Å². The molecule has 0 saturated heterocycles. The normalized spacial score (nSPS) is 11.2. The van der Waals surface area contributed by atoms with E-state index in [9.17, 15) is 13.2 Å². The second-order valence-corrected chi connectivity index (χ2v) is 8.77. The maximum atomic E-state index is 12.5. The molecular formula is C21H29N3O3S. The van der Waals surface area contributed by atoms with Gasteiger partial charge in [0.1, 0.15) is 0 Å². The Kier molecular flexibility index (Phi) is 7.07. The van der Waals surface area contributed by atoms with Crippen molar-refractivity contribution in [3.05, 3.63) is 59.2 Å². The molecule has 0 radical (unpaired) electrons. The van der Waals surface area contributed by atoms with Crippen LogP contribution in [0.5, 0.6) is 0 Å². The number of anilines is 2. The summed E-state index contributed by atoms with van der Waals surface area (Å²) in [6.07, 6.45) is 1.14. The molecule has 0 unspecified atom stereocenters. The Bertz CT molecular complexity index is 920. The topological polar surface area (TPSA) is 69.7 Å². The minimum absolute atomic E-state index is 0.240. The second kappa shape index (κ2) is 9.10. The number of benzene rings is 2. The maximum Gasteiger partial charge on any atom is 0.251 e. The van der Waals surface area contributed by atoms with E-state index in [4.69, 9.17) is 0 Å². The molecule has 0 aliphatic carbocycles. The summed E-state index contributed by atoms with van der Waals surface area (Å²) in [6.45, 7) is 8.36. The summed E-state index contributed by atoms with van der Waals surface area (Å²) in [5.41, 5.74) is 3.88. The van der Waals surface area contributed by atoms with E-state index >= 15 is 0 Å². The number of amides is 1. The highest BCUT2D eigenvalue weighted by atomic mass is 32.2. The monoisotopic (exact) mass is 403 g/mol. The average molecular weight is 404 g/mol. The van der Waals surface area contributed by atoms with Crippen molar-refractivity contribution in [1.29, 1.82) is 0 Å². The van der Waals surface area contributed by atoms with Gasteiger partial charge in [-0.25, -0.2) is 8.42 Å². The van der Waals surface area contributed by atoms with Crippen LogP contribution in [-0.2, 0) is 16.6 Å². The van der Waals surface area contributed by atoms with Crippen LogP contribution in [0, 0.1) is 6.92 Å². The first-order valence-corrected chi connectivity index (χ1v) is 11.2. The standard InChI is InChI=1S/C21H29N3O3S/c1-6-24(7-2)19-12-9-17(10-13-19)15-22-21(25)18-11-8-16(3)20(14-18)23(4)28(5,26)27/h8-14H,6-7,15H2,1-5H3,(H,22,25). The van der Waals surface area contributed by atoms with Crippen LogP contribution in [0.4, 0.5) is 11.4 Å². The van der Waals surface area contributed by atoms with Crippen LogP contribution in [-0.4, -0.2) is 40.7 Å². The fourth-order valence-corrected chi connectivity index (χ4v) is 3.52. The lowest BCUT2D eigenvalue weighted by atomic mass is 10.1. The van der Waals surface area contributed by atoms with Crippen molar-refractivity contribution in [2.75, 3.05) is 35.6 Å². The van der Waals surface area contributed by atoms with Crippen molar-refractivity contribution in [2.24, 2.45) is 0 Å². The predicted octanol–water partition coefficient (Wildman–Crippen LogP) is 3.17. The van der Waals surface area contributed by atoms with Gasteiger partial charge in [0.15, 0.2) is 0 Å². The molecule has 7 heteroatoms. The molecule has 28 heavy (non-hydrogen) atoms. The SMILES string of the molecule is CCN(CC)c1ccc(CNC(=O)c2ccc(C)c(N(C)S(C)(=O)=O)c2)cc1. The van der Waals surface area contributed by atoms with Crippen LogP contribution in [0.1, 0.15) is 35.3 Å². The van der Waals surface area contributed by atoms with Gasteiger partial charge in [-0.3, -0.25) is 9.10 Å². The molecular weight excluding hydrogens is 374 g/mol. The van der Waals surface area contributed by atoms with Crippen molar-refractivity contribution < 1.29 is 13.2 Å². The highest BCUT2D eigenvalue weighted by molar-refractivity contribution is 7.92. The van der Waals surface area contributed by atoms with Gasteiger partial charge >= 0.3 is 0 Å². The fraction of sp³-hybridized carbons (Fsp3) is 0.381. The van der Waals surface area contributed by atoms with Crippen molar-refractivity contribution >= 4 is 27.3 Å². The van der Waals surface area contributed by atoms with Crippen molar-refractivity contribution in [3.8, 4) is 0 Å². The van der Waals surface area contributed by atoms with Gasteiger partial charge in [-0.2, -0.15) is 0 Å². The van der Waals surface area contributed by atoms with E-state index in [0.29, 0.717) is 17.8 Å². The third kappa shape index (κ3) is 5.25. The lowest BCUT2D eigenvalue weighted by Gasteiger charge is -2.21. The summed E-state index contributed by atoms with van der Waals surface area (Å²) in [7, 11) is -1.91. The smallest absolute Gasteiger partial charge is 0.251 e. The molecule has 0 heterocycles. The molecule has 0 bridgehead atoms. The largest absolute Gasteiger partial charge is 0.372 e. The summed E-state index contributed by atoms with van der Waals surface area (Å²) < 4.78 is 24.8. The number of rotatable bonds is 8. The molecule has 0 spiro atoms. The lowest BCUT2D eigenvalue weighted by Crippen LogP contribution is -2.27. The van der Waals surface area contributed by atoms with E-state index in [1.54, 1.807) is 18.2 Å². The van der Waals surface area contributed by atoms with Crippen molar-refractivity contribution in [1.82, 2.24) is 5.32 Å². The number of carbonyl (C=O) groups is 1. The van der Waals surface area contributed by atoms with Gasteiger partial charge < -0.3 is 10.2 Å². The van der Waals surface area contributed by atoms with Crippen LogP contribution in [0.3, 0.4) is 0 Å². The summed E-state index contributed by atoms with van der Waals surface area (Å²) in [4.78, 5) is 14.8. The minimum atomic E-state index is -3.39. The first-order chi connectivity index (χ1) is 13.2. The Labute approximate surface area is 168 Å². The molecule has 2 rings (SSSR count). The quantitative estimate of drug-likeness (QED) is 0.735. The van der Waals surface area contributed by atoms with Gasteiger partial charge in [0.05, 0.1) is 11.9 Å². The first kappa shape index (κ1) is 21.8. The second-order valence-electron chi connectivity index (χ2n) is 6.75. The predicted molar refractivity (Wildman–Crippen MR) is 116 cm³/mol. The molecule has 0 aliphatic rings. The summed E-state index contributed by atoms with van der Waals surface area (Å²) >= 11 is 0. The molecule has 2 aromatic rings. The van der Waals surface area contributed by atoms with Gasteiger partial charge in [0.2, 0.25) is 10.0 Å². The van der Waals surface area contributed by atoms with E-state index in [-0.39, 0.29) is 5.91 Å². The van der Waals surface area contributed by atoms with Crippen LogP contribution in [0.15, 0.2) is 42.5 Å². The summed E-state index contributed by atoms with van der Waals surface area (Å²) in [5, 5.41) is 2.90. The number of carbonyl (C=O) groups excluding carboxylic acids is 1. The third-order valence-electron chi connectivity index (χ3n) is 4.83. The van der Waals surface area contributed by atoms with E-state index in [1.807, 2.05) is 19.1 Å². The van der Waals surface area contributed by atoms with E-state index in [1.165, 1.54) is 11.4 Å². The van der Waals surface area contributed by atoms with Gasteiger partial charge in [0.25, 0.3) is 5.91 Å². The Hall–Kier alpha value is -2.54.